The van der Waals surface area contributed by atoms with Gasteiger partial charge in [-0.15, -0.1) is 0 Å². The summed E-state index contributed by atoms with van der Waals surface area (Å²) < 4.78 is 0. The van der Waals surface area contributed by atoms with E-state index in [0.29, 0.717) is 0 Å². The van der Waals surface area contributed by atoms with Crippen LogP contribution < -0.4 is 0 Å². The zero-order chi connectivity index (χ0) is 13.1. The van der Waals surface area contributed by atoms with Gasteiger partial charge in [0, 0.05) is 0 Å². The van der Waals surface area contributed by atoms with E-state index in [-0.39, 0.29) is 6.04 Å². The first-order chi connectivity index (χ1) is 7.92. The summed E-state index contributed by atoms with van der Waals surface area (Å²) in [5.74, 6) is 0. The Balaban J connectivity index is 3.11. The molecule has 1 unspecified atom stereocenters. The van der Waals surface area contributed by atoms with Crippen LogP contribution in [0.4, 0.5) is 0 Å². The number of nitriles is 1. The highest BCUT2D eigenvalue weighted by Gasteiger charge is 2.32. The van der Waals surface area contributed by atoms with E-state index in [1.807, 2.05) is 27.9 Å². The van der Waals surface area contributed by atoms with Crippen molar-refractivity contribution in [3.63, 3.8) is 0 Å². The van der Waals surface area contributed by atoms with Crippen molar-refractivity contribution in [2.75, 3.05) is 14.1 Å². The van der Waals surface area contributed by atoms with Crippen molar-refractivity contribution in [1.29, 1.82) is 5.26 Å². The highest BCUT2D eigenvalue weighted by molar-refractivity contribution is 5.28. The molecule has 92 valence electrons. The van der Waals surface area contributed by atoms with Crippen molar-refractivity contribution >= 4 is 0 Å². The maximum absolute atomic E-state index is 9.30. The van der Waals surface area contributed by atoms with Gasteiger partial charge in [0.05, 0.1) is 17.5 Å². The summed E-state index contributed by atoms with van der Waals surface area (Å²) in [6.07, 6.45) is 1.05. The second-order valence-corrected chi connectivity index (χ2v) is 5.29. The van der Waals surface area contributed by atoms with Gasteiger partial charge < -0.3 is 4.90 Å². The maximum atomic E-state index is 9.30. The molecule has 1 atom stereocenters. The molecule has 1 aromatic carbocycles. The van der Waals surface area contributed by atoms with E-state index in [0.717, 1.165) is 6.42 Å². The molecule has 0 bridgehead atoms. The number of aryl methyl sites for hydroxylation is 1. The Morgan fingerprint density at radius 3 is 2.12 bits per heavy atom. The predicted molar refractivity (Wildman–Crippen MR) is 71.6 cm³/mol. The monoisotopic (exact) mass is 230 g/mol. The fourth-order valence-corrected chi connectivity index (χ4v) is 2.36. The molecule has 2 heteroatoms. The van der Waals surface area contributed by atoms with Gasteiger partial charge in [0.1, 0.15) is 0 Å². The summed E-state index contributed by atoms with van der Waals surface area (Å²) in [6, 6.07) is 11.1. The lowest BCUT2D eigenvalue weighted by Crippen LogP contribution is -2.32. The fraction of sp³-hybridized carbons (Fsp3) is 0.533. The minimum Gasteiger partial charge on any atom is -0.301 e. The largest absolute Gasteiger partial charge is 0.301 e. The van der Waals surface area contributed by atoms with Gasteiger partial charge in [0.25, 0.3) is 0 Å². The van der Waals surface area contributed by atoms with Gasteiger partial charge in [0.15, 0.2) is 0 Å². The second kappa shape index (κ2) is 5.33. The molecule has 0 fully saturated rings. The molecule has 1 rings (SSSR count). The SMILES string of the molecule is CCc1ccc(C(N(C)C)C(C)(C)C#N)cc1. The average Bonchev–Trinajstić information content (AvgIpc) is 2.29. The van der Waals surface area contributed by atoms with Crippen molar-refractivity contribution in [3.8, 4) is 6.07 Å². The molecule has 0 N–H and O–H groups in total. The summed E-state index contributed by atoms with van der Waals surface area (Å²) in [5, 5.41) is 9.30. The van der Waals surface area contributed by atoms with Crippen LogP contribution in [0.3, 0.4) is 0 Å². The van der Waals surface area contributed by atoms with Gasteiger partial charge in [0.2, 0.25) is 0 Å². The van der Waals surface area contributed by atoms with E-state index in [2.05, 4.69) is 42.2 Å². The van der Waals surface area contributed by atoms with Crippen LogP contribution in [0.25, 0.3) is 0 Å². The van der Waals surface area contributed by atoms with Crippen LogP contribution in [-0.2, 0) is 6.42 Å². The Labute approximate surface area is 105 Å². The zero-order valence-corrected chi connectivity index (χ0v) is 11.5. The van der Waals surface area contributed by atoms with E-state index in [9.17, 15) is 5.26 Å². The van der Waals surface area contributed by atoms with Crippen LogP contribution in [-0.4, -0.2) is 19.0 Å². The van der Waals surface area contributed by atoms with Crippen LogP contribution >= 0.6 is 0 Å². The quantitative estimate of drug-likeness (QED) is 0.792. The summed E-state index contributed by atoms with van der Waals surface area (Å²) in [6.45, 7) is 6.13. The molecule has 0 aliphatic heterocycles. The fourth-order valence-electron chi connectivity index (χ4n) is 2.36. The molecular formula is C15H22N2. The maximum Gasteiger partial charge on any atom is 0.0714 e. The van der Waals surface area contributed by atoms with Gasteiger partial charge in [-0.25, -0.2) is 0 Å². The van der Waals surface area contributed by atoms with Crippen LogP contribution in [0.5, 0.6) is 0 Å². The summed E-state index contributed by atoms with van der Waals surface area (Å²) >= 11 is 0. The number of hydrogen-bond acceptors (Lipinski definition) is 2. The van der Waals surface area contributed by atoms with Crippen molar-refractivity contribution in [2.45, 2.75) is 33.2 Å². The second-order valence-electron chi connectivity index (χ2n) is 5.29. The Bertz CT molecular complexity index is 396. The molecule has 0 saturated carbocycles. The predicted octanol–water partition coefficient (Wildman–Crippen LogP) is 3.40. The van der Waals surface area contributed by atoms with Crippen molar-refractivity contribution < 1.29 is 0 Å². The van der Waals surface area contributed by atoms with Crippen LogP contribution in [0, 0.1) is 16.7 Å². The van der Waals surface area contributed by atoms with E-state index in [1.165, 1.54) is 11.1 Å². The van der Waals surface area contributed by atoms with Gasteiger partial charge in [-0.3, -0.25) is 0 Å². The molecule has 0 aliphatic rings. The third-order valence-corrected chi connectivity index (χ3v) is 3.19. The third-order valence-electron chi connectivity index (χ3n) is 3.19. The highest BCUT2D eigenvalue weighted by atomic mass is 15.1. The highest BCUT2D eigenvalue weighted by Crippen LogP contribution is 2.36. The van der Waals surface area contributed by atoms with E-state index >= 15 is 0 Å². The van der Waals surface area contributed by atoms with Gasteiger partial charge >= 0.3 is 0 Å². The Morgan fingerprint density at radius 2 is 1.76 bits per heavy atom. The van der Waals surface area contributed by atoms with Gasteiger partial charge in [-0.2, -0.15) is 5.26 Å². The Kier molecular flexibility index (Phi) is 4.31. The number of benzene rings is 1. The Hall–Kier alpha value is -1.33. The summed E-state index contributed by atoms with van der Waals surface area (Å²) in [5.41, 5.74) is 2.15. The Morgan fingerprint density at radius 1 is 1.24 bits per heavy atom. The molecule has 0 spiro atoms. The summed E-state index contributed by atoms with van der Waals surface area (Å²) in [4.78, 5) is 2.12. The smallest absolute Gasteiger partial charge is 0.0714 e. The zero-order valence-electron chi connectivity index (χ0n) is 11.5. The van der Waals surface area contributed by atoms with Crippen molar-refractivity contribution in [3.05, 3.63) is 35.4 Å². The lowest BCUT2D eigenvalue weighted by Gasteiger charge is -2.34. The standard InChI is InChI=1S/C15H22N2/c1-6-12-7-9-13(10-8-12)14(17(4)5)15(2,3)11-16/h7-10,14H,6H2,1-5H3. The van der Waals surface area contributed by atoms with Gasteiger partial charge in [-0.05, 0) is 45.5 Å². The number of hydrogen-bond donors (Lipinski definition) is 0. The topological polar surface area (TPSA) is 27.0 Å². The normalized spacial score (nSPS) is 13.5. The van der Waals surface area contributed by atoms with Crippen LogP contribution in [0.2, 0.25) is 0 Å². The van der Waals surface area contributed by atoms with E-state index in [4.69, 9.17) is 0 Å². The first-order valence-electron chi connectivity index (χ1n) is 6.09. The first kappa shape index (κ1) is 13.7. The third kappa shape index (κ3) is 3.08. The van der Waals surface area contributed by atoms with Crippen molar-refractivity contribution in [2.24, 2.45) is 5.41 Å². The number of nitrogens with zero attached hydrogens (tertiary/aromatic N) is 2. The summed E-state index contributed by atoms with van der Waals surface area (Å²) in [7, 11) is 4.05. The molecule has 2 nitrogen and oxygen atoms in total. The van der Waals surface area contributed by atoms with Crippen LogP contribution in [0.1, 0.15) is 37.9 Å². The lowest BCUT2D eigenvalue weighted by molar-refractivity contribution is 0.185. The molecular weight excluding hydrogens is 208 g/mol. The molecule has 17 heavy (non-hydrogen) atoms. The van der Waals surface area contributed by atoms with Gasteiger partial charge in [-0.1, -0.05) is 31.2 Å². The van der Waals surface area contributed by atoms with E-state index < -0.39 is 5.41 Å². The van der Waals surface area contributed by atoms with E-state index in [1.54, 1.807) is 0 Å². The lowest BCUT2D eigenvalue weighted by atomic mass is 9.81. The van der Waals surface area contributed by atoms with Crippen LogP contribution in [0.15, 0.2) is 24.3 Å². The van der Waals surface area contributed by atoms with Crippen molar-refractivity contribution in [1.82, 2.24) is 4.90 Å². The molecule has 0 heterocycles. The first-order valence-corrected chi connectivity index (χ1v) is 6.09. The average molecular weight is 230 g/mol. The molecule has 1 aromatic rings. The minimum atomic E-state index is -0.392. The molecule has 0 aromatic heterocycles. The molecule has 0 aliphatic carbocycles. The minimum absolute atomic E-state index is 0.124. The molecule has 0 radical (unpaired) electrons. The number of rotatable bonds is 4. The molecule has 0 amide bonds. The molecule has 0 saturated heterocycles.